The molecule has 1 heterocycles. The lowest BCUT2D eigenvalue weighted by molar-refractivity contribution is 0.465. The first-order valence-corrected chi connectivity index (χ1v) is 4.11. The molecule has 1 rings (SSSR count). The van der Waals surface area contributed by atoms with E-state index in [0.717, 1.165) is 12.1 Å². The molecule has 0 aromatic heterocycles. The molecule has 0 saturated heterocycles. The highest BCUT2D eigenvalue weighted by Gasteiger charge is 1.96. The zero-order valence-corrected chi connectivity index (χ0v) is 7.75. The molecule has 0 N–H and O–H groups in total. The Kier molecular flexibility index (Phi) is 2.92. The number of allylic oxidation sites excluding steroid dienone is 6. The van der Waals surface area contributed by atoms with E-state index in [1.54, 1.807) is 0 Å². The van der Waals surface area contributed by atoms with Crippen molar-refractivity contribution in [1.82, 2.24) is 4.90 Å². The Morgan fingerprint density at radius 2 is 2.17 bits per heavy atom. The van der Waals surface area contributed by atoms with Gasteiger partial charge in [0.15, 0.2) is 0 Å². The van der Waals surface area contributed by atoms with E-state index in [1.165, 1.54) is 5.70 Å². The van der Waals surface area contributed by atoms with Gasteiger partial charge in [0.1, 0.15) is 0 Å². The molecular formula is C11H15N. The van der Waals surface area contributed by atoms with Crippen molar-refractivity contribution in [3.63, 3.8) is 0 Å². The minimum atomic E-state index is 0.958. The third-order valence-electron chi connectivity index (χ3n) is 1.93. The largest absolute Gasteiger partial charge is 0.374 e. The summed E-state index contributed by atoms with van der Waals surface area (Å²) in [4.78, 5) is 2.19. The van der Waals surface area contributed by atoms with Gasteiger partial charge in [-0.1, -0.05) is 30.9 Å². The number of likely N-dealkylation sites (N-methyl/N-ethyl adjacent to an activating group) is 1. The van der Waals surface area contributed by atoms with Gasteiger partial charge in [-0.2, -0.15) is 0 Å². The Labute approximate surface area is 74.4 Å². The number of hydrogen-bond donors (Lipinski definition) is 0. The van der Waals surface area contributed by atoms with Gasteiger partial charge in [0, 0.05) is 19.3 Å². The Morgan fingerprint density at radius 1 is 1.42 bits per heavy atom. The molecular weight excluding hydrogens is 146 g/mol. The summed E-state index contributed by atoms with van der Waals surface area (Å²) in [5, 5.41) is 0. The van der Waals surface area contributed by atoms with Gasteiger partial charge in [0.25, 0.3) is 0 Å². The molecule has 1 aliphatic rings. The van der Waals surface area contributed by atoms with Crippen molar-refractivity contribution in [2.75, 3.05) is 13.6 Å². The molecule has 0 unspecified atom stereocenters. The molecule has 0 atom stereocenters. The standard InChI is InChI=1S/C11H15N/c1-10-7-5-4-6-8-12(3)11(2)9-10/h4-7,9H,1,8H2,2-3H3/b6-4-,7-5-,11-9-. The Bertz CT molecular complexity index is 256. The molecule has 0 amide bonds. The lowest BCUT2D eigenvalue weighted by atomic mass is 10.2. The average Bonchev–Trinajstić information content (AvgIpc) is 2.07. The third-order valence-corrected chi connectivity index (χ3v) is 1.93. The fraction of sp³-hybridized carbons (Fsp3) is 0.273. The van der Waals surface area contributed by atoms with Gasteiger partial charge in [-0.15, -0.1) is 0 Å². The van der Waals surface area contributed by atoms with Crippen molar-refractivity contribution in [3.05, 3.63) is 48.2 Å². The van der Waals surface area contributed by atoms with Crippen LogP contribution in [0.5, 0.6) is 0 Å². The van der Waals surface area contributed by atoms with Crippen LogP contribution in [-0.2, 0) is 0 Å². The topological polar surface area (TPSA) is 3.24 Å². The highest BCUT2D eigenvalue weighted by molar-refractivity contribution is 5.32. The fourth-order valence-electron chi connectivity index (χ4n) is 1.05. The van der Waals surface area contributed by atoms with Crippen LogP contribution in [0.15, 0.2) is 48.2 Å². The zero-order valence-electron chi connectivity index (χ0n) is 7.75. The number of rotatable bonds is 0. The van der Waals surface area contributed by atoms with Crippen molar-refractivity contribution < 1.29 is 0 Å². The molecule has 0 saturated carbocycles. The molecule has 0 radical (unpaired) electrons. The van der Waals surface area contributed by atoms with Crippen LogP contribution in [0.25, 0.3) is 0 Å². The summed E-state index contributed by atoms with van der Waals surface area (Å²) >= 11 is 0. The van der Waals surface area contributed by atoms with E-state index in [9.17, 15) is 0 Å². The first-order chi connectivity index (χ1) is 5.70. The van der Waals surface area contributed by atoms with Crippen LogP contribution in [0.4, 0.5) is 0 Å². The summed E-state index contributed by atoms with van der Waals surface area (Å²) in [5.41, 5.74) is 2.29. The summed E-state index contributed by atoms with van der Waals surface area (Å²) < 4.78 is 0. The van der Waals surface area contributed by atoms with E-state index in [-0.39, 0.29) is 0 Å². The van der Waals surface area contributed by atoms with Crippen LogP contribution in [0.1, 0.15) is 6.92 Å². The minimum Gasteiger partial charge on any atom is -0.374 e. The summed E-state index contributed by atoms with van der Waals surface area (Å²) in [5.74, 6) is 0. The summed E-state index contributed by atoms with van der Waals surface area (Å²) in [6.45, 7) is 6.97. The monoisotopic (exact) mass is 161 g/mol. The minimum absolute atomic E-state index is 0.958. The van der Waals surface area contributed by atoms with E-state index < -0.39 is 0 Å². The molecule has 0 aromatic carbocycles. The molecule has 0 spiro atoms. The molecule has 1 heteroatoms. The SMILES string of the molecule is C=C1/C=C\C=C/CN(C)/C(C)=C\1. The summed E-state index contributed by atoms with van der Waals surface area (Å²) in [7, 11) is 2.08. The Balaban J connectivity index is 2.86. The van der Waals surface area contributed by atoms with Gasteiger partial charge < -0.3 is 4.90 Å². The molecule has 0 bridgehead atoms. The third kappa shape index (κ3) is 2.42. The maximum atomic E-state index is 3.92. The number of nitrogens with zero attached hydrogens (tertiary/aromatic N) is 1. The quantitative estimate of drug-likeness (QED) is 0.527. The molecule has 0 aliphatic carbocycles. The van der Waals surface area contributed by atoms with E-state index >= 15 is 0 Å². The average molecular weight is 161 g/mol. The van der Waals surface area contributed by atoms with Gasteiger partial charge in [0.05, 0.1) is 0 Å². The first kappa shape index (κ1) is 8.85. The van der Waals surface area contributed by atoms with Crippen molar-refractivity contribution in [3.8, 4) is 0 Å². The van der Waals surface area contributed by atoms with Gasteiger partial charge in [0.2, 0.25) is 0 Å². The van der Waals surface area contributed by atoms with E-state index in [0.29, 0.717) is 0 Å². The highest BCUT2D eigenvalue weighted by Crippen LogP contribution is 2.07. The normalized spacial score (nSPS) is 28.0. The molecule has 64 valence electrons. The second-order valence-electron chi connectivity index (χ2n) is 3.03. The van der Waals surface area contributed by atoms with Crippen molar-refractivity contribution in [1.29, 1.82) is 0 Å². The van der Waals surface area contributed by atoms with Gasteiger partial charge in [-0.3, -0.25) is 0 Å². The van der Waals surface area contributed by atoms with Gasteiger partial charge in [-0.05, 0) is 18.6 Å². The van der Waals surface area contributed by atoms with Crippen LogP contribution in [0.3, 0.4) is 0 Å². The van der Waals surface area contributed by atoms with Crippen molar-refractivity contribution >= 4 is 0 Å². The highest BCUT2D eigenvalue weighted by atomic mass is 15.1. The predicted octanol–water partition coefficient (Wildman–Crippen LogP) is 2.50. The Morgan fingerprint density at radius 3 is 2.92 bits per heavy atom. The molecule has 1 nitrogen and oxygen atoms in total. The second-order valence-corrected chi connectivity index (χ2v) is 3.03. The maximum Gasteiger partial charge on any atom is 0.0356 e. The molecule has 0 aromatic rings. The summed E-state index contributed by atoms with van der Waals surface area (Å²) in [6, 6.07) is 0. The number of hydrogen-bond acceptors (Lipinski definition) is 1. The van der Waals surface area contributed by atoms with E-state index in [4.69, 9.17) is 0 Å². The van der Waals surface area contributed by atoms with Crippen LogP contribution in [0, 0.1) is 0 Å². The van der Waals surface area contributed by atoms with Crippen molar-refractivity contribution in [2.45, 2.75) is 6.92 Å². The molecule has 12 heavy (non-hydrogen) atoms. The van der Waals surface area contributed by atoms with Crippen LogP contribution < -0.4 is 0 Å². The molecule has 0 fully saturated rings. The molecule has 1 aliphatic heterocycles. The van der Waals surface area contributed by atoms with Crippen LogP contribution in [-0.4, -0.2) is 18.5 Å². The second kappa shape index (κ2) is 3.96. The van der Waals surface area contributed by atoms with E-state index in [2.05, 4.69) is 37.6 Å². The van der Waals surface area contributed by atoms with Gasteiger partial charge >= 0.3 is 0 Å². The smallest absolute Gasteiger partial charge is 0.0356 e. The maximum absolute atomic E-state index is 3.92. The predicted molar refractivity (Wildman–Crippen MR) is 53.8 cm³/mol. The Hall–Kier alpha value is -1.24. The first-order valence-electron chi connectivity index (χ1n) is 4.11. The summed E-state index contributed by atoms with van der Waals surface area (Å²) in [6.07, 6.45) is 10.3. The van der Waals surface area contributed by atoms with Gasteiger partial charge in [-0.25, -0.2) is 0 Å². The van der Waals surface area contributed by atoms with E-state index in [1.807, 2.05) is 18.2 Å². The zero-order chi connectivity index (χ0) is 8.97. The fourth-order valence-corrected chi connectivity index (χ4v) is 1.05. The van der Waals surface area contributed by atoms with Crippen LogP contribution >= 0.6 is 0 Å². The lowest BCUT2D eigenvalue weighted by Crippen LogP contribution is -2.15. The van der Waals surface area contributed by atoms with Crippen molar-refractivity contribution in [2.24, 2.45) is 0 Å². The van der Waals surface area contributed by atoms with Crippen LogP contribution in [0.2, 0.25) is 0 Å². The lowest BCUT2D eigenvalue weighted by Gasteiger charge is -2.17.